The first-order valence-corrected chi connectivity index (χ1v) is 7.67. The Kier molecular flexibility index (Phi) is 5.81. The molecule has 2 heterocycles. The second kappa shape index (κ2) is 7.84. The van der Waals surface area contributed by atoms with E-state index in [0.29, 0.717) is 6.61 Å². The number of hydrogen-bond acceptors (Lipinski definition) is 4. The van der Waals surface area contributed by atoms with Crippen LogP contribution in [0.2, 0.25) is 0 Å². The number of furan rings is 1. The van der Waals surface area contributed by atoms with Gasteiger partial charge in [0.15, 0.2) is 0 Å². The first-order chi connectivity index (χ1) is 10.3. The molecule has 0 saturated carbocycles. The molecule has 2 aromatic rings. The van der Waals surface area contributed by atoms with E-state index in [2.05, 4.69) is 37.1 Å². The number of pyridine rings is 1. The van der Waals surface area contributed by atoms with Gasteiger partial charge in [0.2, 0.25) is 0 Å². The lowest BCUT2D eigenvalue weighted by Gasteiger charge is -2.19. The summed E-state index contributed by atoms with van der Waals surface area (Å²) < 4.78 is 11.3. The van der Waals surface area contributed by atoms with Gasteiger partial charge in [-0.05, 0) is 30.7 Å². The van der Waals surface area contributed by atoms with Crippen LogP contribution < -0.4 is 10.1 Å². The summed E-state index contributed by atoms with van der Waals surface area (Å²) in [7, 11) is 0. The minimum atomic E-state index is 0.0846. The monoisotopic (exact) mass is 288 g/mol. The van der Waals surface area contributed by atoms with Crippen molar-refractivity contribution in [2.75, 3.05) is 13.2 Å². The topological polar surface area (TPSA) is 47.3 Å². The number of nitrogens with one attached hydrogen (secondary N) is 1. The van der Waals surface area contributed by atoms with E-state index in [1.165, 1.54) is 5.56 Å². The first-order valence-electron chi connectivity index (χ1n) is 7.67. The van der Waals surface area contributed by atoms with Crippen LogP contribution in [0.3, 0.4) is 0 Å². The highest BCUT2D eigenvalue weighted by Gasteiger charge is 2.19. The molecule has 0 spiro atoms. The normalized spacial score (nSPS) is 12.3. The fourth-order valence-corrected chi connectivity index (χ4v) is 2.40. The summed E-state index contributed by atoms with van der Waals surface area (Å²) in [5.41, 5.74) is 2.27. The van der Waals surface area contributed by atoms with E-state index in [1.54, 1.807) is 12.5 Å². The zero-order valence-corrected chi connectivity index (χ0v) is 13.1. The molecule has 0 aliphatic rings. The molecule has 1 atom stereocenters. The number of nitrogens with zero attached hydrogens (tertiary/aromatic N) is 1. The molecule has 0 aliphatic heterocycles. The van der Waals surface area contributed by atoms with Gasteiger partial charge < -0.3 is 14.5 Å². The van der Waals surface area contributed by atoms with Gasteiger partial charge in [-0.2, -0.15) is 0 Å². The van der Waals surface area contributed by atoms with Gasteiger partial charge in [-0.3, -0.25) is 4.98 Å². The Hall–Kier alpha value is -1.81. The minimum Gasteiger partial charge on any atom is -0.492 e. The predicted molar refractivity (Wildman–Crippen MR) is 83.6 cm³/mol. The largest absolute Gasteiger partial charge is 0.492 e. The van der Waals surface area contributed by atoms with E-state index in [1.807, 2.05) is 12.3 Å². The van der Waals surface area contributed by atoms with Crippen molar-refractivity contribution < 1.29 is 9.15 Å². The molecular formula is C17H24N2O2. The summed E-state index contributed by atoms with van der Waals surface area (Å²) in [6.45, 7) is 7.88. The van der Waals surface area contributed by atoms with E-state index in [0.717, 1.165) is 36.5 Å². The van der Waals surface area contributed by atoms with Crippen molar-refractivity contribution in [3.8, 4) is 5.75 Å². The van der Waals surface area contributed by atoms with Crippen LogP contribution in [0.4, 0.5) is 0 Å². The van der Waals surface area contributed by atoms with Gasteiger partial charge in [0.25, 0.3) is 0 Å². The molecule has 21 heavy (non-hydrogen) atoms. The molecule has 0 saturated heterocycles. The third kappa shape index (κ3) is 3.85. The highest BCUT2D eigenvalue weighted by molar-refractivity contribution is 5.35. The first kappa shape index (κ1) is 15.6. The average Bonchev–Trinajstić information content (AvgIpc) is 2.99. The van der Waals surface area contributed by atoms with Gasteiger partial charge in [0.1, 0.15) is 11.5 Å². The number of ether oxygens (including phenoxy) is 1. The van der Waals surface area contributed by atoms with Gasteiger partial charge >= 0.3 is 0 Å². The van der Waals surface area contributed by atoms with Gasteiger partial charge in [0, 0.05) is 18.2 Å². The Bertz CT molecular complexity index is 551. The van der Waals surface area contributed by atoms with E-state index >= 15 is 0 Å². The lowest BCUT2D eigenvalue weighted by molar-refractivity contribution is 0.315. The SMILES string of the molecule is CCCOc1cncc(C(NCC)c2ccoc2CC)c1. The molecule has 0 radical (unpaired) electrons. The quantitative estimate of drug-likeness (QED) is 0.804. The van der Waals surface area contributed by atoms with Crippen LogP contribution >= 0.6 is 0 Å². The molecule has 114 valence electrons. The highest BCUT2D eigenvalue weighted by atomic mass is 16.5. The molecule has 0 bridgehead atoms. The molecule has 1 N–H and O–H groups in total. The van der Waals surface area contributed by atoms with Gasteiger partial charge in [-0.1, -0.05) is 20.8 Å². The van der Waals surface area contributed by atoms with Crippen LogP contribution in [0.1, 0.15) is 50.1 Å². The Morgan fingerprint density at radius 3 is 2.86 bits per heavy atom. The Labute approximate surface area is 126 Å². The van der Waals surface area contributed by atoms with Crippen molar-refractivity contribution >= 4 is 0 Å². The summed E-state index contributed by atoms with van der Waals surface area (Å²) in [6, 6.07) is 4.18. The fourth-order valence-electron chi connectivity index (χ4n) is 2.40. The molecule has 0 amide bonds. The standard InChI is InChI=1S/C17H24N2O2/c1-4-8-20-14-10-13(11-18-12-14)17(19-6-3)15-7-9-21-16(15)5-2/h7,9-12,17,19H,4-6,8H2,1-3H3. The van der Waals surface area contributed by atoms with Crippen LogP contribution in [-0.4, -0.2) is 18.1 Å². The van der Waals surface area contributed by atoms with Gasteiger partial charge in [-0.25, -0.2) is 0 Å². The van der Waals surface area contributed by atoms with Crippen molar-refractivity contribution in [1.29, 1.82) is 0 Å². The second-order valence-electron chi connectivity index (χ2n) is 4.95. The number of hydrogen-bond donors (Lipinski definition) is 1. The Morgan fingerprint density at radius 2 is 2.14 bits per heavy atom. The second-order valence-corrected chi connectivity index (χ2v) is 4.95. The van der Waals surface area contributed by atoms with Crippen LogP contribution in [0.25, 0.3) is 0 Å². The molecule has 0 aromatic carbocycles. The van der Waals surface area contributed by atoms with Crippen LogP contribution in [0, 0.1) is 0 Å². The molecule has 1 unspecified atom stereocenters. The van der Waals surface area contributed by atoms with Gasteiger partial charge in [0.05, 0.1) is 25.1 Å². The lowest BCUT2D eigenvalue weighted by Crippen LogP contribution is -2.22. The fraction of sp³-hybridized carbons (Fsp3) is 0.471. The molecule has 4 heteroatoms. The maximum absolute atomic E-state index is 5.68. The molecule has 2 rings (SSSR count). The third-order valence-corrected chi connectivity index (χ3v) is 3.36. The predicted octanol–water partition coefficient (Wildman–Crippen LogP) is 3.72. The summed E-state index contributed by atoms with van der Waals surface area (Å²) >= 11 is 0. The summed E-state index contributed by atoms with van der Waals surface area (Å²) in [4.78, 5) is 4.31. The van der Waals surface area contributed by atoms with E-state index in [4.69, 9.17) is 9.15 Å². The van der Waals surface area contributed by atoms with Gasteiger partial charge in [-0.15, -0.1) is 0 Å². The molecule has 0 fully saturated rings. The lowest BCUT2D eigenvalue weighted by atomic mass is 9.99. The van der Waals surface area contributed by atoms with Crippen molar-refractivity contribution in [1.82, 2.24) is 10.3 Å². The summed E-state index contributed by atoms with van der Waals surface area (Å²) in [5.74, 6) is 1.83. The average molecular weight is 288 g/mol. The van der Waals surface area contributed by atoms with E-state index in [-0.39, 0.29) is 6.04 Å². The van der Waals surface area contributed by atoms with Crippen LogP contribution in [-0.2, 0) is 6.42 Å². The smallest absolute Gasteiger partial charge is 0.137 e. The third-order valence-electron chi connectivity index (χ3n) is 3.36. The van der Waals surface area contributed by atoms with Crippen molar-refractivity contribution in [2.24, 2.45) is 0 Å². The zero-order chi connectivity index (χ0) is 15.1. The van der Waals surface area contributed by atoms with Crippen molar-refractivity contribution in [3.63, 3.8) is 0 Å². The maximum atomic E-state index is 5.68. The number of rotatable bonds is 8. The molecular weight excluding hydrogens is 264 g/mol. The van der Waals surface area contributed by atoms with Crippen molar-refractivity contribution in [3.05, 3.63) is 47.7 Å². The Balaban J connectivity index is 2.29. The number of aromatic nitrogens is 1. The highest BCUT2D eigenvalue weighted by Crippen LogP contribution is 2.28. The van der Waals surface area contributed by atoms with Crippen LogP contribution in [0.15, 0.2) is 35.2 Å². The summed E-state index contributed by atoms with van der Waals surface area (Å²) in [5, 5.41) is 3.50. The van der Waals surface area contributed by atoms with Crippen LogP contribution in [0.5, 0.6) is 5.75 Å². The number of aryl methyl sites for hydroxylation is 1. The minimum absolute atomic E-state index is 0.0846. The van der Waals surface area contributed by atoms with E-state index < -0.39 is 0 Å². The maximum Gasteiger partial charge on any atom is 0.137 e. The van der Waals surface area contributed by atoms with E-state index in [9.17, 15) is 0 Å². The summed E-state index contributed by atoms with van der Waals surface area (Å²) in [6.07, 6.45) is 7.27. The Morgan fingerprint density at radius 1 is 1.29 bits per heavy atom. The molecule has 0 aliphatic carbocycles. The zero-order valence-electron chi connectivity index (χ0n) is 13.1. The van der Waals surface area contributed by atoms with Crippen molar-refractivity contribution in [2.45, 2.75) is 39.7 Å². The molecule has 2 aromatic heterocycles. The molecule has 4 nitrogen and oxygen atoms in total.